The van der Waals surface area contributed by atoms with E-state index in [1.807, 2.05) is 0 Å². The van der Waals surface area contributed by atoms with Gasteiger partial charge in [0.15, 0.2) is 0 Å². The average molecular weight is 196 g/mol. The molecule has 2 rings (SSSR count). The zero-order valence-corrected chi connectivity index (χ0v) is 9.03. The predicted molar refractivity (Wildman–Crippen MR) is 57.8 cm³/mol. The number of guanidine groups is 1. The summed E-state index contributed by atoms with van der Waals surface area (Å²) >= 11 is 0. The van der Waals surface area contributed by atoms with E-state index in [0.717, 1.165) is 5.96 Å². The van der Waals surface area contributed by atoms with Crippen LogP contribution in [0.4, 0.5) is 0 Å². The van der Waals surface area contributed by atoms with Gasteiger partial charge in [0, 0.05) is 18.1 Å². The summed E-state index contributed by atoms with van der Waals surface area (Å²) in [6.07, 6.45) is 5.24. The first-order chi connectivity index (χ1) is 6.72. The molecule has 2 saturated heterocycles. The fourth-order valence-electron chi connectivity index (χ4n) is 2.68. The maximum absolute atomic E-state index is 5.53. The van der Waals surface area contributed by atoms with Crippen LogP contribution < -0.4 is 11.3 Å². The zero-order chi connectivity index (χ0) is 10.1. The van der Waals surface area contributed by atoms with Crippen LogP contribution in [0, 0.1) is 0 Å². The molecule has 2 aliphatic rings. The minimum absolute atomic E-state index is 0.307. The van der Waals surface area contributed by atoms with E-state index in [4.69, 9.17) is 5.84 Å². The number of fused-ring (bicyclic) bond motifs is 2. The monoisotopic (exact) mass is 196 g/mol. The van der Waals surface area contributed by atoms with Gasteiger partial charge < -0.3 is 4.90 Å². The Morgan fingerprint density at radius 2 is 1.79 bits per heavy atom. The molecule has 0 saturated carbocycles. The fraction of sp³-hybridized carbons (Fsp3) is 0.900. The lowest BCUT2D eigenvalue weighted by molar-refractivity contribution is 0.382. The van der Waals surface area contributed by atoms with Gasteiger partial charge in [-0.25, -0.2) is 10.8 Å². The lowest BCUT2D eigenvalue weighted by Crippen LogP contribution is -2.47. The third kappa shape index (κ3) is 1.59. The molecule has 4 nitrogen and oxygen atoms in total. The van der Waals surface area contributed by atoms with Crippen molar-refractivity contribution < 1.29 is 0 Å². The molecule has 2 fully saturated rings. The highest BCUT2D eigenvalue weighted by Gasteiger charge is 2.40. The zero-order valence-electron chi connectivity index (χ0n) is 9.03. The highest BCUT2D eigenvalue weighted by Crippen LogP contribution is 2.37. The summed E-state index contributed by atoms with van der Waals surface area (Å²) in [6, 6.07) is 1.68. The number of aliphatic imine (C=N–C) groups is 1. The summed E-state index contributed by atoms with van der Waals surface area (Å²) < 4.78 is 0. The first-order valence-electron chi connectivity index (χ1n) is 5.55. The minimum atomic E-state index is 0.307. The van der Waals surface area contributed by atoms with Gasteiger partial charge in [-0.1, -0.05) is 0 Å². The lowest BCUT2D eigenvalue weighted by Gasteiger charge is -2.25. The maximum Gasteiger partial charge on any atom is 0.209 e. The van der Waals surface area contributed by atoms with E-state index in [2.05, 4.69) is 29.2 Å². The normalized spacial score (nSPS) is 31.7. The molecule has 0 aromatic carbocycles. The van der Waals surface area contributed by atoms with Crippen molar-refractivity contribution in [3.05, 3.63) is 0 Å². The summed E-state index contributed by atoms with van der Waals surface area (Å²) in [4.78, 5) is 6.91. The minimum Gasteiger partial charge on any atom is -0.336 e. The second kappa shape index (κ2) is 3.77. The Bertz CT molecular complexity index is 216. The first kappa shape index (κ1) is 9.77. The third-order valence-electron chi connectivity index (χ3n) is 3.21. The van der Waals surface area contributed by atoms with Crippen LogP contribution in [0.5, 0.6) is 0 Å². The highest BCUT2D eigenvalue weighted by molar-refractivity contribution is 5.80. The summed E-state index contributed by atoms with van der Waals surface area (Å²) in [5.41, 5.74) is 2.75. The Labute approximate surface area is 85.5 Å². The van der Waals surface area contributed by atoms with Gasteiger partial charge in [-0.05, 0) is 39.5 Å². The van der Waals surface area contributed by atoms with Crippen LogP contribution >= 0.6 is 0 Å². The average Bonchev–Trinajstić information content (AvgIpc) is 2.73. The molecule has 0 amide bonds. The van der Waals surface area contributed by atoms with Gasteiger partial charge in [0.25, 0.3) is 0 Å². The molecule has 2 aliphatic heterocycles. The SMILES string of the molecule is CC(C)N=C(NN)N1C2CCC1CC2. The molecule has 0 spiro atoms. The molecule has 2 bridgehead atoms. The first-order valence-corrected chi connectivity index (χ1v) is 5.55. The Morgan fingerprint density at radius 3 is 2.14 bits per heavy atom. The summed E-state index contributed by atoms with van der Waals surface area (Å²) in [5.74, 6) is 6.42. The molecule has 2 heterocycles. The van der Waals surface area contributed by atoms with Crippen LogP contribution in [0.3, 0.4) is 0 Å². The number of hydrazine groups is 1. The molecule has 0 radical (unpaired) electrons. The molecule has 3 N–H and O–H groups in total. The Morgan fingerprint density at radius 1 is 1.29 bits per heavy atom. The van der Waals surface area contributed by atoms with Gasteiger partial charge in [0.1, 0.15) is 0 Å². The topological polar surface area (TPSA) is 53.6 Å². The van der Waals surface area contributed by atoms with E-state index in [0.29, 0.717) is 18.1 Å². The van der Waals surface area contributed by atoms with Crippen molar-refractivity contribution in [1.29, 1.82) is 0 Å². The molecule has 0 unspecified atom stereocenters. The maximum atomic E-state index is 5.53. The second-order valence-electron chi connectivity index (χ2n) is 4.56. The summed E-state index contributed by atoms with van der Waals surface area (Å²) in [7, 11) is 0. The Balaban J connectivity index is 2.12. The van der Waals surface area contributed by atoms with Crippen molar-refractivity contribution in [3.8, 4) is 0 Å². The number of nitrogens with one attached hydrogen (secondary N) is 1. The number of nitrogens with zero attached hydrogens (tertiary/aromatic N) is 2. The van der Waals surface area contributed by atoms with Crippen LogP contribution in [-0.4, -0.2) is 29.0 Å². The molecule has 0 atom stereocenters. The molecular formula is C10H20N4. The largest absolute Gasteiger partial charge is 0.336 e. The van der Waals surface area contributed by atoms with Crippen molar-refractivity contribution >= 4 is 5.96 Å². The third-order valence-corrected chi connectivity index (χ3v) is 3.21. The Hall–Kier alpha value is -0.770. The fourth-order valence-corrected chi connectivity index (χ4v) is 2.68. The summed E-state index contributed by atoms with van der Waals surface area (Å²) in [5, 5.41) is 0. The predicted octanol–water partition coefficient (Wildman–Crippen LogP) is 0.841. The number of rotatable bonds is 1. The van der Waals surface area contributed by atoms with Crippen LogP contribution in [0.15, 0.2) is 4.99 Å². The summed E-state index contributed by atoms with van der Waals surface area (Å²) in [6.45, 7) is 4.16. The molecule has 80 valence electrons. The van der Waals surface area contributed by atoms with Crippen LogP contribution in [0.25, 0.3) is 0 Å². The van der Waals surface area contributed by atoms with Gasteiger partial charge in [0.05, 0.1) is 0 Å². The van der Waals surface area contributed by atoms with Gasteiger partial charge >= 0.3 is 0 Å². The van der Waals surface area contributed by atoms with Gasteiger partial charge in [-0.2, -0.15) is 0 Å². The number of nitrogens with two attached hydrogens (primary N) is 1. The van der Waals surface area contributed by atoms with E-state index in [1.54, 1.807) is 0 Å². The number of hydrogen-bond acceptors (Lipinski definition) is 2. The number of hydrogen-bond donors (Lipinski definition) is 2. The van der Waals surface area contributed by atoms with Gasteiger partial charge in [0.2, 0.25) is 5.96 Å². The van der Waals surface area contributed by atoms with Crippen LogP contribution in [0.2, 0.25) is 0 Å². The molecule has 14 heavy (non-hydrogen) atoms. The van der Waals surface area contributed by atoms with E-state index < -0.39 is 0 Å². The molecular weight excluding hydrogens is 176 g/mol. The molecule has 0 aromatic rings. The van der Waals surface area contributed by atoms with Crippen molar-refractivity contribution in [1.82, 2.24) is 10.3 Å². The smallest absolute Gasteiger partial charge is 0.209 e. The Kier molecular flexibility index (Phi) is 2.63. The molecule has 0 aromatic heterocycles. The quantitative estimate of drug-likeness (QED) is 0.283. The van der Waals surface area contributed by atoms with Crippen LogP contribution in [0.1, 0.15) is 39.5 Å². The van der Waals surface area contributed by atoms with E-state index in [1.165, 1.54) is 25.7 Å². The van der Waals surface area contributed by atoms with Gasteiger partial charge in [-0.15, -0.1) is 0 Å². The second-order valence-corrected chi connectivity index (χ2v) is 4.56. The van der Waals surface area contributed by atoms with Crippen molar-refractivity contribution in [3.63, 3.8) is 0 Å². The van der Waals surface area contributed by atoms with Crippen molar-refractivity contribution in [2.24, 2.45) is 10.8 Å². The molecule has 4 heteroatoms. The van der Waals surface area contributed by atoms with E-state index in [-0.39, 0.29) is 0 Å². The van der Waals surface area contributed by atoms with Gasteiger partial charge in [-0.3, -0.25) is 5.43 Å². The van der Waals surface area contributed by atoms with Crippen LogP contribution in [-0.2, 0) is 0 Å². The van der Waals surface area contributed by atoms with Crippen molar-refractivity contribution in [2.45, 2.75) is 57.7 Å². The highest BCUT2D eigenvalue weighted by atomic mass is 15.4. The lowest BCUT2D eigenvalue weighted by atomic mass is 10.0. The van der Waals surface area contributed by atoms with Crippen molar-refractivity contribution in [2.75, 3.05) is 0 Å². The standard InChI is InChI=1S/C10H20N4/c1-7(2)12-10(13-11)14-8-3-4-9(14)6-5-8/h7-9H,3-6,11H2,1-2H3,(H,12,13). The van der Waals surface area contributed by atoms with E-state index in [9.17, 15) is 0 Å². The molecule has 0 aliphatic carbocycles. The van der Waals surface area contributed by atoms with E-state index >= 15 is 0 Å².